The summed E-state index contributed by atoms with van der Waals surface area (Å²) in [5.74, 6) is -0.632. The van der Waals surface area contributed by atoms with Crippen LogP contribution in [-0.4, -0.2) is 24.0 Å². The molecule has 0 unspecified atom stereocenters. The minimum absolute atomic E-state index is 0.111. The number of amides is 2. The van der Waals surface area contributed by atoms with E-state index in [4.69, 9.17) is 10.1 Å². The zero-order valence-electron chi connectivity index (χ0n) is 12.4. The molecule has 0 atom stereocenters. The Morgan fingerprint density at radius 1 is 1.33 bits per heavy atom. The summed E-state index contributed by atoms with van der Waals surface area (Å²) >= 11 is 0. The van der Waals surface area contributed by atoms with Gasteiger partial charge in [-0.15, -0.1) is 0 Å². The number of carbonyl (C=O) groups is 2. The van der Waals surface area contributed by atoms with Gasteiger partial charge in [0, 0.05) is 18.5 Å². The lowest BCUT2D eigenvalue weighted by atomic mass is 10.1. The first-order valence-electron chi connectivity index (χ1n) is 6.57. The first-order chi connectivity index (χ1) is 9.81. The molecule has 0 aliphatic rings. The fourth-order valence-electron chi connectivity index (χ4n) is 1.38. The first kappa shape index (κ1) is 16.7. The van der Waals surface area contributed by atoms with Crippen molar-refractivity contribution in [2.75, 3.05) is 6.54 Å². The van der Waals surface area contributed by atoms with Crippen molar-refractivity contribution < 1.29 is 14.4 Å². The summed E-state index contributed by atoms with van der Waals surface area (Å²) in [6.45, 7) is 5.64. The number of hydroxylamine groups is 1. The third-order valence-corrected chi connectivity index (χ3v) is 2.36. The van der Waals surface area contributed by atoms with Gasteiger partial charge in [0.1, 0.15) is 0 Å². The van der Waals surface area contributed by atoms with E-state index in [0.29, 0.717) is 11.1 Å². The molecule has 21 heavy (non-hydrogen) atoms. The van der Waals surface area contributed by atoms with Crippen molar-refractivity contribution >= 4 is 11.8 Å². The van der Waals surface area contributed by atoms with Crippen molar-refractivity contribution in [3.05, 3.63) is 35.4 Å². The zero-order valence-corrected chi connectivity index (χ0v) is 12.4. The molecule has 1 aromatic rings. The Kier molecular flexibility index (Phi) is 5.88. The summed E-state index contributed by atoms with van der Waals surface area (Å²) in [4.78, 5) is 28.4. The van der Waals surface area contributed by atoms with E-state index in [1.165, 1.54) is 6.07 Å². The van der Waals surface area contributed by atoms with Gasteiger partial charge in [-0.25, -0.2) is 5.48 Å². The Morgan fingerprint density at radius 2 is 2.05 bits per heavy atom. The van der Waals surface area contributed by atoms with Crippen LogP contribution >= 0.6 is 0 Å². The van der Waals surface area contributed by atoms with E-state index in [9.17, 15) is 9.59 Å². The van der Waals surface area contributed by atoms with Crippen LogP contribution in [0.5, 0.6) is 0 Å². The van der Waals surface area contributed by atoms with Crippen LogP contribution in [0.25, 0.3) is 0 Å². The number of hydrogen-bond acceptors (Lipinski definition) is 4. The fourth-order valence-corrected chi connectivity index (χ4v) is 1.38. The molecule has 0 aromatic heterocycles. The third-order valence-electron chi connectivity index (χ3n) is 2.36. The molecule has 0 radical (unpaired) electrons. The van der Waals surface area contributed by atoms with E-state index in [1.807, 2.05) is 26.8 Å². The molecule has 6 nitrogen and oxygen atoms in total. The highest BCUT2D eigenvalue weighted by molar-refractivity contribution is 5.94. The van der Waals surface area contributed by atoms with E-state index in [-0.39, 0.29) is 24.8 Å². The fraction of sp³-hybridized carbons (Fsp3) is 0.400. The summed E-state index contributed by atoms with van der Waals surface area (Å²) in [7, 11) is 0. The molecular weight excluding hydrogens is 270 g/mol. The summed E-state index contributed by atoms with van der Waals surface area (Å²) < 4.78 is 0. The van der Waals surface area contributed by atoms with Crippen LogP contribution in [0.15, 0.2) is 24.3 Å². The van der Waals surface area contributed by atoms with Crippen LogP contribution in [0, 0.1) is 11.3 Å². The lowest BCUT2D eigenvalue weighted by Gasteiger charge is -2.18. The summed E-state index contributed by atoms with van der Waals surface area (Å²) in [5, 5.41) is 11.4. The van der Waals surface area contributed by atoms with Crippen molar-refractivity contribution in [2.45, 2.75) is 32.8 Å². The molecule has 0 saturated heterocycles. The maximum absolute atomic E-state index is 11.8. The van der Waals surface area contributed by atoms with Crippen molar-refractivity contribution in [1.82, 2.24) is 10.8 Å². The molecule has 0 spiro atoms. The Balaban J connectivity index is 2.37. The molecule has 0 saturated carbocycles. The first-order valence-corrected chi connectivity index (χ1v) is 6.57. The quantitative estimate of drug-likeness (QED) is 0.804. The normalized spacial score (nSPS) is 10.6. The maximum atomic E-state index is 11.8. The molecular formula is C15H19N3O3. The van der Waals surface area contributed by atoms with Crippen LogP contribution in [0.1, 0.15) is 43.1 Å². The van der Waals surface area contributed by atoms with Crippen LogP contribution in [0.4, 0.5) is 0 Å². The second-order valence-corrected chi connectivity index (χ2v) is 5.44. The Labute approximate surface area is 124 Å². The molecule has 0 heterocycles. The molecule has 2 amide bonds. The van der Waals surface area contributed by atoms with Gasteiger partial charge in [-0.1, -0.05) is 6.07 Å². The van der Waals surface area contributed by atoms with E-state index in [0.717, 1.165) is 0 Å². The number of rotatable bonds is 5. The molecule has 112 valence electrons. The van der Waals surface area contributed by atoms with Gasteiger partial charge in [-0.2, -0.15) is 5.26 Å². The van der Waals surface area contributed by atoms with Crippen LogP contribution in [0.3, 0.4) is 0 Å². The molecule has 0 aliphatic heterocycles. The van der Waals surface area contributed by atoms with Crippen molar-refractivity contribution in [2.24, 2.45) is 0 Å². The number of nitrogens with zero attached hydrogens (tertiary/aromatic N) is 1. The molecule has 1 rings (SSSR count). The zero-order chi connectivity index (χ0) is 15.9. The van der Waals surface area contributed by atoms with Crippen molar-refractivity contribution in [3.63, 3.8) is 0 Å². The van der Waals surface area contributed by atoms with Crippen LogP contribution in [-0.2, 0) is 9.63 Å². The predicted molar refractivity (Wildman–Crippen MR) is 77.1 cm³/mol. The Bertz CT molecular complexity index is 556. The summed E-state index contributed by atoms with van der Waals surface area (Å²) in [6, 6.07) is 8.33. The van der Waals surface area contributed by atoms with Gasteiger partial charge < -0.3 is 5.32 Å². The highest BCUT2D eigenvalue weighted by Gasteiger charge is 2.13. The molecule has 0 aliphatic carbocycles. The SMILES string of the molecule is CC(C)(C)ONC(=O)CCNC(=O)c1cccc(C#N)c1. The molecule has 2 N–H and O–H groups in total. The molecule has 0 fully saturated rings. The largest absolute Gasteiger partial charge is 0.352 e. The van der Waals surface area contributed by atoms with Crippen LogP contribution in [0.2, 0.25) is 0 Å². The predicted octanol–water partition coefficient (Wildman–Crippen LogP) is 1.52. The average molecular weight is 289 g/mol. The Morgan fingerprint density at radius 3 is 2.67 bits per heavy atom. The second-order valence-electron chi connectivity index (χ2n) is 5.44. The lowest BCUT2D eigenvalue weighted by Crippen LogP contribution is -2.35. The average Bonchev–Trinajstić information content (AvgIpc) is 2.44. The van der Waals surface area contributed by atoms with Gasteiger partial charge in [0.15, 0.2) is 0 Å². The standard InChI is InChI=1S/C15H19N3O3/c1-15(2,3)21-18-13(19)7-8-17-14(20)12-6-4-5-11(9-12)10-16/h4-6,9H,7-8H2,1-3H3,(H,17,20)(H,18,19). The second kappa shape index (κ2) is 7.41. The third kappa shape index (κ3) is 6.54. The molecule has 0 bridgehead atoms. The van der Waals surface area contributed by atoms with Gasteiger partial charge in [0.2, 0.25) is 5.91 Å². The molecule has 6 heteroatoms. The van der Waals surface area contributed by atoms with Gasteiger partial charge in [-0.05, 0) is 39.0 Å². The van der Waals surface area contributed by atoms with Gasteiger partial charge in [0.25, 0.3) is 5.91 Å². The van der Waals surface area contributed by atoms with Gasteiger partial charge in [0.05, 0.1) is 17.2 Å². The minimum atomic E-state index is -0.462. The number of hydrogen-bond donors (Lipinski definition) is 2. The highest BCUT2D eigenvalue weighted by atomic mass is 16.7. The van der Waals surface area contributed by atoms with E-state index >= 15 is 0 Å². The maximum Gasteiger partial charge on any atom is 0.251 e. The van der Waals surface area contributed by atoms with E-state index in [1.54, 1.807) is 18.2 Å². The van der Waals surface area contributed by atoms with Gasteiger partial charge >= 0.3 is 0 Å². The highest BCUT2D eigenvalue weighted by Crippen LogP contribution is 2.04. The van der Waals surface area contributed by atoms with Gasteiger partial charge in [-0.3, -0.25) is 14.4 Å². The summed E-state index contributed by atoms with van der Waals surface area (Å²) in [6.07, 6.45) is 0.111. The van der Waals surface area contributed by atoms with Crippen molar-refractivity contribution in [1.29, 1.82) is 5.26 Å². The number of nitrogens with one attached hydrogen (secondary N) is 2. The molecule has 1 aromatic carbocycles. The monoisotopic (exact) mass is 289 g/mol. The Hall–Kier alpha value is -2.39. The minimum Gasteiger partial charge on any atom is -0.352 e. The topological polar surface area (TPSA) is 91.2 Å². The van der Waals surface area contributed by atoms with Crippen molar-refractivity contribution in [3.8, 4) is 6.07 Å². The lowest BCUT2D eigenvalue weighted by molar-refractivity contribution is -0.145. The number of benzene rings is 1. The van der Waals surface area contributed by atoms with E-state index < -0.39 is 5.60 Å². The summed E-state index contributed by atoms with van der Waals surface area (Å²) in [5.41, 5.74) is 2.66. The number of nitriles is 1. The number of carbonyl (C=O) groups excluding carboxylic acids is 2. The van der Waals surface area contributed by atoms with E-state index in [2.05, 4.69) is 10.8 Å². The smallest absolute Gasteiger partial charge is 0.251 e. The van der Waals surface area contributed by atoms with Crippen LogP contribution < -0.4 is 10.8 Å².